The highest BCUT2D eigenvalue weighted by molar-refractivity contribution is 9.10. The molecule has 0 spiro atoms. The summed E-state index contributed by atoms with van der Waals surface area (Å²) in [6.07, 6.45) is 6.64. The minimum atomic E-state index is -0.0997. The number of aromatic nitrogens is 5. The Bertz CT molecular complexity index is 1400. The summed E-state index contributed by atoms with van der Waals surface area (Å²) in [5.74, 6) is 1.91. The number of nitrogen functional groups attached to an aromatic ring is 1. The van der Waals surface area contributed by atoms with Gasteiger partial charge in [-0.3, -0.25) is 9.36 Å². The Morgan fingerprint density at radius 1 is 1.06 bits per heavy atom. The molecule has 0 radical (unpaired) electrons. The van der Waals surface area contributed by atoms with Crippen LogP contribution in [0, 0.1) is 0 Å². The number of hydrogen-bond acceptors (Lipinski definition) is 6. The van der Waals surface area contributed by atoms with Crippen molar-refractivity contribution in [2.45, 2.75) is 38.1 Å². The van der Waals surface area contributed by atoms with Gasteiger partial charge in [-0.05, 0) is 66.2 Å². The second kappa shape index (κ2) is 8.49. The third kappa shape index (κ3) is 3.52. The fraction of sp³-hybridized carbons (Fsp3) is 0.304. The molecule has 0 saturated carbocycles. The van der Waals surface area contributed by atoms with Crippen molar-refractivity contribution in [3.8, 4) is 5.69 Å². The van der Waals surface area contributed by atoms with E-state index in [0.29, 0.717) is 17.3 Å². The van der Waals surface area contributed by atoms with Crippen LogP contribution in [0.15, 0.2) is 51.9 Å². The molecule has 33 heavy (non-hydrogen) atoms. The van der Waals surface area contributed by atoms with E-state index in [9.17, 15) is 4.79 Å². The molecule has 0 amide bonds. The maximum atomic E-state index is 13.7. The quantitative estimate of drug-likeness (QED) is 0.439. The number of rotatable bonds is 3. The number of fused-ring (bicyclic) bond motifs is 2. The number of para-hydroxylation sites is 1. The van der Waals surface area contributed by atoms with Gasteiger partial charge < -0.3 is 10.6 Å². The SMILES string of the molecule is Nc1nc2c(c(N3CCC[C@H]3c3nn4ccc(Br)c4c(=O)n3-c3ccccc3)n1)CCC2.S. The summed E-state index contributed by atoms with van der Waals surface area (Å²) in [5, 5.41) is 4.94. The summed E-state index contributed by atoms with van der Waals surface area (Å²) >= 11 is 3.51. The standard InChI is InChI=1S/C23H22BrN7O.H2S/c24-16-11-13-30-19(16)22(32)31(14-6-2-1-3-7-14)21(28-30)18-10-5-12-29(18)20-15-8-4-9-17(15)26-23(25)27-20;/h1-3,6-7,11,13,18H,4-5,8-10,12H2,(H2,25,26,27);1H2/t18-;/m0./s1. The molecule has 0 bridgehead atoms. The van der Waals surface area contributed by atoms with Gasteiger partial charge in [0.05, 0.1) is 21.9 Å². The molecule has 4 aromatic rings. The van der Waals surface area contributed by atoms with Crippen molar-refractivity contribution in [2.75, 3.05) is 17.2 Å². The number of hydrogen-bond donors (Lipinski definition) is 1. The molecule has 1 atom stereocenters. The van der Waals surface area contributed by atoms with Crippen LogP contribution in [0.1, 0.15) is 42.4 Å². The molecule has 6 rings (SSSR count). The van der Waals surface area contributed by atoms with Gasteiger partial charge >= 0.3 is 0 Å². The van der Waals surface area contributed by atoms with Crippen LogP contribution >= 0.6 is 29.4 Å². The first-order valence-corrected chi connectivity index (χ1v) is 11.7. The first-order chi connectivity index (χ1) is 15.6. The van der Waals surface area contributed by atoms with Crippen molar-refractivity contribution in [1.82, 2.24) is 24.1 Å². The van der Waals surface area contributed by atoms with Crippen LogP contribution in [0.3, 0.4) is 0 Å². The van der Waals surface area contributed by atoms with Crippen molar-refractivity contribution in [2.24, 2.45) is 0 Å². The van der Waals surface area contributed by atoms with E-state index < -0.39 is 0 Å². The third-order valence-electron chi connectivity index (χ3n) is 6.43. The van der Waals surface area contributed by atoms with Crippen LogP contribution in [0.2, 0.25) is 0 Å². The van der Waals surface area contributed by atoms with Crippen LogP contribution < -0.4 is 16.2 Å². The number of halogens is 1. The number of nitrogens with two attached hydrogens (primary N) is 1. The summed E-state index contributed by atoms with van der Waals surface area (Å²) in [5.41, 5.74) is 9.54. The van der Waals surface area contributed by atoms with Gasteiger partial charge in [-0.15, -0.1) is 0 Å². The van der Waals surface area contributed by atoms with E-state index in [1.165, 1.54) is 5.56 Å². The van der Waals surface area contributed by atoms with Gasteiger partial charge in [0, 0.05) is 18.3 Å². The molecule has 4 heterocycles. The minimum absolute atomic E-state index is 0. The highest BCUT2D eigenvalue weighted by Crippen LogP contribution is 2.39. The van der Waals surface area contributed by atoms with Crippen molar-refractivity contribution < 1.29 is 0 Å². The van der Waals surface area contributed by atoms with Gasteiger partial charge in [-0.2, -0.15) is 23.6 Å². The molecular weight excluding hydrogens is 502 g/mol. The maximum absolute atomic E-state index is 13.7. The van der Waals surface area contributed by atoms with Crippen molar-refractivity contribution in [3.63, 3.8) is 0 Å². The number of aryl methyl sites for hydroxylation is 1. The van der Waals surface area contributed by atoms with E-state index in [1.54, 1.807) is 9.08 Å². The number of benzene rings is 1. The molecule has 0 unspecified atom stereocenters. The summed E-state index contributed by atoms with van der Waals surface area (Å²) in [7, 11) is 0. The third-order valence-corrected chi connectivity index (χ3v) is 7.07. The molecule has 1 aliphatic heterocycles. The van der Waals surface area contributed by atoms with Crippen molar-refractivity contribution in [1.29, 1.82) is 0 Å². The number of anilines is 2. The zero-order chi connectivity index (χ0) is 21.8. The van der Waals surface area contributed by atoms with Crippen LogP contribution in [-0.4, -0.2) is 30.7 Å². The molecule has 1 fully saturated rings. The van der Waals surface area contributed by atoms with Crippen molar-refractivity contribution in [3.05, 3.63) is 74.5 Å². The van der Waals surface area contributed by atoms with E-state index >= 15 is 0 Å². The lowest BCUT2D eigenvalue weighted by molar-refractivity contribution is 0.599. The van der Waals surface area contributed by atoms with Crippen molar-refractivity contribution >= 4 is 46.7 Å². The average molecular weight is 526 g/mol. The Labute approximate surface area is 206 Å². The smallest absolute Gasteiger partial charge is 0.283 e. The molecule has 3 aromatic heterocycles. The zero-order valence-corrected chi connectivity index (χ0v) is 20.5. The fourth-order valence-electron chi connectivity index (χ4n) is 5.05. The monoisotopic (exact) mass is 525 g/mol. The largest absolute Gasteiger partial charge is 0.368 e. The van der Waals surface area contributed by atoms with Crippen LogP contribution in [0.25, 0.3) is 11.2 Å². The van der Waals surface area contributed by atoms with Gasteiger partial charge in [0.15, 0.2) is 5.82 Å². The summed E-state index contributed by atoms with van der Waals surface area (Å²) in [6, 6.07) is 11.5. The highest BCUT2D eigenvalue weighted by atomic mass is 79.9. The van der Waals surface area contributed by atoms with Crippen LogP contribution in [0.4, 0.5) is 11.8 Å². The maximum Gasteiger partial charge on any atom is 0.283 e. The Kier molecular flexibility index (Phi) is 5.65. The van der Waals surface area contributed by atoms with Crippen LogP contribution in [0.5, 0.6) is 0 Å². The van der Waals surface area contributed by atoms with Gasteiger partial charge in [0.25, 0.3) is 5.56 Å². The molecule has 2 N–H and O–H groups in total. The normalized spacial score (nSPS) is 17.4. The van der Waals surface area contributed by atoms with E-state index in [-0.39, 0.29) is 25.1 Å². The number of nitrogens with zero attached hydrogens (tertiary/aromatic N) is 6. The Balaban J connectivity index is 0.00000228. The summed E-state index contributed by atoms with van der Waals surface area (Å²) < 4.78 is 4.15. The summed E-state index contributed by atoms with van der Waals surface area (Å²) in [6.45, 7) is 0.839. The van der Waals surface area contributed by atoms with E-state index in [0.717, 1.165) is 60.3 Å². The second-order valence-electron chi connectivity index (χ2n) is 8.33. The lowest BCUT2D eigenvalue weighted by atomic mass is 10.1. The van der Waals surface area contributed by atoms with Gasteiger partial charge in [-0.25, -0.2) is 9.50 Å². The Hall–Kier alpha value is -2.85. The highest BCUT2D eigenvalue weighted by Gasteiger charge is 2.35. The summed E-state index contributed by atoms with van der Waals surface area (Å²) in [4.78, 5) is 25.1. The Morgan fingerprint density at radius 2 is 1.88 bits per heavy atom. The lowest BCUT2D eigenvalue weighted by Gasteiger charge is -2.28. The predicted molar refractivity (Wildman–Crippen MR) is 137 cm³/mol. The fourth-order valence-corrected chi connectivity index (χ4v) is 5.52. The van der Waals surface area contributed by atoms with Gasteiger partial charge in [-0.1, -0.05) is 18.2 Å². The van der Waals surface area contributed by atoms with E-state index in [1.807, 2.05) is 42.6 Å². The molecule has 1 aromatic carbocycles. The lowest BCUT2D eigenvalue weighted by Crippen LogP contribution is -2.34. The minimum Gasteiger partial charge on any atom is -0.368 e. The average Bonchev–Trinajstić information content (AvgIpc) is 3.53. The molecule has 1 saturated heterocycles. The molecule has 1 aliphatic carbocycles. The van der Waals surface area contributed by atoms with Crippen LogP contribution in [-0.2, 0) is 12.8 Å². The second-order valence-corrected chi connectivity index (χ2v) is 9.18. The molecular formula is C23H24BrN7OS. The first kappa shape index (κ1) is 22.0. The topological polar surface area (TPSA) is 94.3 Å². The van der Waals surface area contributed by atoms with E-state index in [4.69, 9.17) is 10.8 Å². The predicted octanol–water partition coefficient (Wildman–Crippen LogP) is 3.56. The molecule has 2 aliphatic rings. The van der Waals surface area contributed by atoms with Gasteiger partial charge in [0.1, 0.15) is 11.3 Å². The van der Waals surface area contributed by atoms with Gasteiger partial charge in [0.2, 0.25) is 5.95 Å². The Morgan fingerprint density at radius 3 is 2.70 bits per heavy atom. The molecule has 170 valence electrons. The molecule has 8 nitrogen and oxygen atoms in total. The first-order valence-electron chi connectivity index (χ1n) is 10.9. The zero-order valence-electron chi connectivity index (χ0n) is 17.9. The van der Waals surface area contributed by atoms with E-state index in [2.05, 4.69) is 30.8 Å². The molecule has 10 heteroatoms.